The normalized spacial score (nSPS) is 24.9. The molecule has 1 saturated heterocycles. The molecule has 2 aromatic rings. The zero-order chi connectivity index (χ0) is 18.6. The van der Waals surface area contributed by atoms with Crippen LogP contribution in [0.5, 0.6) is 0 Å². The van der Waals surface area contributed by atoms with Crippen LogP contribution < -0.4 is 5.32 Å². The van der Waals surface area contributed by atoms with Gasteiger partial charge in [0.2, 0.25) is 5.91 Å². The second-order valence-electron chi connectivity index (χ2n) is 7.85. The number of aromatic nitrogens is 1. The van der Waals surface area contributed by atoms with Crippen LogP contribution in [0.1, 0.15) is 36.0 Å². The average molecular weight is 363 g/mol. The van der Waals surface area contributed by atoms with Gasteiger partial charge in [-0.05, 0) is 31.4 Å². The lowest BCUT2D eigenvalue weighted by molar-refractivity contribution is -0.134. The summed E-state index contributed by atoms with van der Waals surface area (Å²) in [5.74, 6) is 0.147. The smallest absolute Gasteiger partial charge is 0.412 e. The number of aryl methyl sites for hydroxylation is 1. The first kappa shape index (κ1) is 16.3. The van der Waals surface area contributed by atoms with Gasteiger partial charge < -0.3 is 9.64 Å². The van der Waals surface area contributed by atoms with Crippen LogP contribution >= 0.6 is 0 Å². The molecule has 138 valence electrons. The van der Waals surface area contributed by atoms with E-state index >= 15 is 0 Å². The van der Waals surface area contributed by atoms with E-state index in [1.54, 1.807) is 12.4 Å². The quantitative estimate of drug-likeness (QED) is 0.890. The number of hydrogen-bond donors (Lipinski definition) is 1. The third-order valence-electron chi connectivity index (χ3n) is 6.12. The van der Waals surface area contributed by atoms with E-state index < -0.39 is 17.1 Å². The van der Waals surface area contributed by atoms with Gasteiger partial charge in [-0.25, -0.2) is 4.79 Å². The molecule has 0 radical (unpaired) electrons. The van der Waals surface area contributed by atoms with Crippen molar-refractivity contribution >= 4 is 17.7 Å². The van der Waals surface area contributed by atoms with Gasteiger partial charge in [0.25, 0.3) is 0 Å². The highest BCUT2D eigenvalue weighted by molar-refractivity contribution is 5.92. The molecule has 1 spiro atoms. The minimum atomic E-state index is -0.778. The van der Waals surface area contributed by atoms with Crippen LogP contribution in [-0.4, -0.2) is 35.0 Å². The number of likely N-dealkylation sites (tertiary alicyclic amines) is 1. The number of nitrogens with one attached hydrogen (secondary N) is 1. The molecular weight excluding hydrogens is 342 g/mol. The molecule has 3 heterocycles. The largest absolute Gasteiger partial charge is 0.436 e. The maximum atomic E-state index is 13.4. The summed E-state index contributed by atoms with van der Waals surface area (Å²) in [6, 6.07) is 10.1. The number of benzene rings is 1. The van der Waals surface area contributed by atoms with Crippen LogP contribution in [0.15, 0.2) is 42.7 Å². The molecule has 1 atom stereocenters. The van der Waals surface area contributed by atoms with Gasteiger partial charge in [0, 0.05) is 24.7 Å². The lowest BCUT2D eigenvalue weighted by Gasteiger charge is -2.35. The van der Waals surface area contributed by atoms with Gasteiger partial charge in [0.05, 0.1) is 23.8 Å². The van der Waals surface area contributed by atoms with E-state index in [1.807, 2.05) is 17.9 Å². The summed E-state index contributed by atoms with van der Waals surface area (Å²) in [5, 5.41) is 2.70. The fraction of sp³-hybridized carbons (Fsp3) is 0.381. The lowest BCUT2D eigenvalue weighted by Crippen LogP contribution is -2.44. The Labute approximate surface area is 157 Å². The number of carbonyl (C=O) groups excluding carboxylic acids is 2. The van der Waals surface area contributed by atoms with Gasteiger partial charge in [-0.1, -0.05) is 29.8 Å². The van der Waals surface area contributed by atoms with Crippen molar-refractivity contribution in [1.82, 2.24) is 9.88 Å². The number of rotatable bonds is 2. The number of carbonyl (C=O) groups is 2. The summed E-state index contributed by atoms with van der Waals surface area (Å²) in [6.07, 6.45) is 5.20. The van der Waals surface area contributed by atoms with Crippen LogP contribution in [0.4, 0.5) is 10.5 Å². The predicted octanol–water partition coefficient (Wildman–Crippen LogP) is 3.11. The summed E-state index contributed by atoms with van der Waals surface area (Å²) in [6.45, 7) is 3.03. The first-order valence-electron chi connectivity index (χ1n) is 9.34. The fourth-order valence-corrected chi connectivity index (χ4v) is 4.44. The van der Waals surface area contributed by atoms with Crippen LogP contribution in [0.3, 0.4) is 0 Å². The Balaban J connectivity index is 1.44. The van der Waals surface area contributed by atoms with Crippen molar-refractivity contribution in [3.8, 4) is 0 Å². The molecule has 2 aliphatic heterocycles. The molecular formula is C21H21N3O3. The molecule has 3 aliphatic rings. The highest BCUT2D eigenvalue weighted by atomic mass is 16.6. The van der Waals surface area contributed by atoms with Crippen molar-refractivity contribution in [2.45, 2.75) is 37.2 Å². The van der Waals surface area contributed by atoms with Crippen LogP contribution in [-0.2, 0) is 20.5 Å². The molecule has 2 fully saturated rings. The Bertz CT molecular complexity index is 936. The number of fused-ring (bicyclic) bond motifs is 2. The molecule has 0 bridgehead atoms. The molecule has 1 aromatic heterocycles. The zero-order valence-corrected chi connectivity index (χ0v) is 15.2. The standard InChI is InChI=1S/C21H21N3O3/c1-14-2-4-15(5-3-14)20(7-8-20)18(25)24-11-9-21(13-24)16-6-10-22-12-17(16)23-19(26)27-21/h2-6,10,12H,7-9,11,13H2,1H3,(H,23,26). The summed E-state index contributed by atoms with van der Waals surface area (Å²) in [7, 11) is 0. The monoisotopic (exact) mass is 363 g/mol. The van der Waals surface area contributed by atoms with Crippen molar-refractivity contribution in [3.05, 3.63) is 59.4 Å². The third kappa shape index (κ3) is 2.43. The van der Waals surface area contributed by atoms with Gasteiger partial charge in [0.1, 0.15) is 0 Å². The Morgan fingerprint density at radius 1 is 1.19 bits per heavy atom. The lowest BCUT2D eigenvalue weighted by atomic mass is 9.90. The number of anilines is 1. The Morgan fingerprint density at radius 2 is 1.96 bits per heavy atom. The summed E-state index contributed by atoms with van der Waals surface area (Å²) in [5.41, 5.74) is 2.66. The van der Waals surface area contributed by atoms with Crippen molar-refractivity contribution < 1.29 is 14.3 Å². The number of amides is 2. The van der Waals surface area contributed by atoms with E-state index in [0.29, 0.717) is 25.2 Å². The minimum absolute atomic E-state index is 0.147. The van der Waals surface area contributed by atoms with Crippen molar-refractivity contribution in [2.24, 2.45) is 0 Å². The number of ether oxygens (including phenoxy) is 1. The second-order valence-corrected chi connectivity index (χ2v) is 7.85. The molecule has 27 heavy (non-hydrogen) atoms. The fourth-order valence-electron chi connectivity index (χ4n) is 4.44. The van der Waals surface area contributed by atoms with E-state index in [9.17, 15) is 9.59 Å². The van der Waals surface area contributed by atoms with E-state index in [2.05, 4.69) is 34.6 Å². The van der Waals surface area contributed by atoms with E-state index in [4.69, 9.17) is 4.74 Å². The predicted molar refractivity (Wildman–Crippen MR) is 99.3 cm³/mol. The van der Waals surface area contributed by atoms with Crippen LogP contribution in [0.2, 0.25) is 0 Å². The van der Waals surface area contributed by atoms with Crippen LogP contribution in [0, 0.1) is 6.92 Å². The Hall–Kier alpha value is -2.89. The molecule has 1 unspecified atom stereocenters. The van der Waals surface area contributed by atoms with E-state index in [1.165, 1.54) is 5.56 Å². The van der Waals surface area contributed by atoms with Crippen molar-refractivity contribution in [2.75, 3.05) is 18.4 Å². The highest BCUT2D eigenvalue weighted by Gasteiger charge is 2.57. The molecule has 6 heteroatoms. The maximum Gasteiger partial charge on any atom is 0.412 e. The first-order valence-corrected chi connectivity index (χ1v) is 9.34. The summed E-state index contributed by atoms with van der Waals surface area (Å²) >= 11 is 0. The molecule has 1 aromatic carbocycles. The van der Waals surface area contributed by atoms with Gasteiger partial charge in [-0.3, -0.25) is 15.1 Å². The van der Waals surface area contributed by atoms with E-state index in [0.717, 1.165) is 24.0 Å². The van der Waals surface area contributed by atoms with Gasteiger partial charge in [0.15, 0.2) is 5.60 Å². The van der Waals surface area contributed by atoms with Crippen molar-refractivity contribution in [1.29, 1.82) is 0 Å². The Morgan fingerprint density at radius 3 is 2.70 bits per heavy atom. The van der Waals surface area contributed by atoms with E-state index in [-0.39, 0.29) is 5.91 Å². The topological polar surface area (TPSA) is 71.5 Å². The summed E-state index contributed by atoms with van der Waals surface area (Å²) < 4.78 is 5.72. The summed E-state index contributed by atoms with van der Waals surface area (Å²) in [4.78, 5) is 31.4. The third-order valence-corrected chi connectivity index (χ3v) is 6.12. The van der Waals surface area contributed by atoms with Gasteiger partial charge in [-0.2, -0.15) is 0 Å². The molecule has 1 aliphatic carbocycles. The Kier molecular flexibility index (Phi) is 3.35. The molecule has 1 saturated carbocycles. The first-order chi connectivity index (χ1) is 13.0. The minimum Gasteiger partial charge on any atom is -0.436 e. The number of pyridine rings is 1. The molecule has 1 N–H and O–H groups in total. The SMILES string of the molecule is Cc1ccc(C2(C(=O)N3CCC4(C3)OC(=O)Nc3cnccc34)CC2)cc1. The maximum absolute atomic E-state index is 13.4. The van der Waals surface area contributed by atoms with Crippen LogP contribution in [0.25, 0.3) is 0 Å². The van der Waals surface area contributed by atoms with Crippen molar-refractivity contribution in [3.63, 3.8) is 0 Å². The zero-order valence-electron chi connectivity index (χ0n) is 15.2. The second kappa shape index (κ2) is 5.55. The average Bonchev–Trinajstić information content (AvgIpc) is 3.37. The molecule has 2 amide bonds. The molecule has 5 rings (SSSR count). The van der Waals surface area contributed by atoms with Gasteiger partial charge in [-0.15, -0.1) is 0 Å². The number of nitrogens with zero attached hydrogens (tertiary/aromatic N) is 2. The van der Waals surface area contributed by atoms with Gasteiger partial charge >= 0.3 is 6.09 Å². The number of hydrogen-bond acceptors (Lipinski definition) is 4. The molecule has 6 nitrogen and oxygen atoms in total. The highest BCUT2D eigenvalue weighted by Crippen LogP contribution is 2.51.